The molecule has 0 bridgehead atoms. The fourth-order valence-electron chi connectivity index (χ4n) is 2.89. The molecule has 0 aromatic carbocycles. The Morgan fingerprint density at radius 3 is 2.96 bits per heavy atom. The quantitative estimate of drug-likeness (QED) is 0.856. The monoisotopic (exact) mass is 345 g/mol. The highest BCUT2D eigenvalue weighted by atomic mass is 16.5. The predicted molar refractivity (Wildman–Crippen MR) is 91.0 cm³/mol. The maximum absolute atomic E-state index is 12.5. The number of carbonyl (C=O) groups excluding carboxylic acids is 1. The van der Waals surface area contributed by atoms with E-state index in [2.05, 4.69) is 20.6 Å². The van der Waals surface area contributed by atoms with E-state index in [9.17, 15) is 4.79 Å². The lowest BCUT2D eigenvalue weighted by atomic mass is 10.1. The smallest absolute Gasteiger partial charge is 0.255 e. The van der Waals surface area contributed by atoms with Gasteiger partial charge in [-0.3, -0.25) is 4.79 Å². The Bertz CT molecular complexity index is 722. The van der Waals surface area contributed by atoms with Crippen molar-refractivity contribution < 1.29 is 14.3 Å². The van der Waals surface area contributed by atoms with E-state index in [0.29, 0.717) is 29.6 Å². The highest BCUT2D eigenvalue weighted by Crippen LogP contribution is 2.17. The normalized spacial score (nSPS) is 18.1. The lowest BCUT2D eigenvalue weighted by Crippen LogP contribution is -2.40. The lowest BCUT2D eigenvalue weighted by molar-refractivity contribution is 0.0712. The molecule has 134 valence electrons. The van der Waals surface area contributed by atoms with Gasteiger partial charge in [0.25, 0.3) is 5.91 Å². The van der Waals surface area contributed by atoms with Crippen LogP contribution in [0.1, 0.15) is 42.7 Å². The summed E-state index contributed by atoms with van der Waals surface area (Å²) in [6.45, 7) is 6.97. The summed E-state index contributed by atoms with van der Waals surface area (Å²) in [6.07, 6.45) is 3.64. The van der Waals surface area contributed by atoms with E-state index in [1.807, 2.05) is 20.8 Å². The first-order chi connectivity index (χ1) is 12.1. The Morgan fingerprint density at radius 2 is 2.32 bits per heavy atom. The largest absolute Gasteiger partial charge is 0.477 e. The molecule has 8 heteroatoms. The van der Waals surface area contributed by atoms with Crippen molar-refractivity contribution in [1.29, 1.82) is 0 Å². The van der Waals surface area contributed by atoms with Crippen molar-refractivity contribution in [3.63, 3.8) is 0 Å². The molecule has 1 N–H and O–H groups in total. The predicted octanol–water partition coefficient (Wildman–Crippen LogP) is 1.67. The number of rotatable bonds is 6. The van der Waals surface area contributed by atoms with Crippen molar-refractivity contribution in [2.75, 3.05) is 13.2 Å². The number of nitrogens with one attached hydrogen (secondary N) is 1. The molecule has 1 saturated heterocycles. The van der Waals surface area contributed by atoms with Crippen LogP contribution < -0.4 is 10.1 Å². The summed E-state index contributed by atoms with van der Waals surface area (Å²) < 4.78 is 12.5. The average Bonchev–Trinajstić information content (AvgIpc) is 3.26. The molecular weight excluding hydrogens is 322 g/mol. The molecule has 1 aliphatic heterocycles. The lowest BCUT2D eigenvalue weighted by Gasteiger charge is -2.19. The zero-order valence-electron chi connectivity index (χ0n) is 14.7. The third-order valence-corrected chi connectivity index (χ3v) is 4.27. The van der Waals surface area contributed by atoms with Gasteiger partial charge in [-0.2, -0.15) is 5.10 Å². The van der Waals surface area contributed by atoms with Gasteiger partial charge >= 0.3 is 0 Å². The highest BCUT2D eigenvalue weighted by molar-refractivity contribution is 5.95. The molecule has 3 rings (SSSR count). The van der Waals surface area contributed by atoms with Gasteiger partial charge in [0.1, 0.15) is 0 Å². The van der Waals surface area contributed by atoms with E-state index in [-0.39, 0.29) is 18.1 Å². The van der Waals surface area contributed by atoms with E-state index >= 15 is 0 Å². The molecule has 0 radical (unpaired) electrons. The topological polar surface area (TPSA) is 91.2 Å². The number of aromatic nitrogens is 4. The first-order valence-corrected chi connectivity index (χ1v) is 8.54. The summed E-state index contributed by atoms with van der Waals surface area (Å²) in [4.78, 5) is 12.5. The maximum Gasteiger partial charge on any atom is 0.255 e. The SMILES string of the molecule is CCOc1ccc(-n2ncc(C(=O)N[C@H](C)[C@H]3CCCO3)c2C)nn1. The zero-order chi connectivity index (χ0) is 17.8. The summed E-state index contributed by atoms with van der Waals surface area (Å²) in [6, 6.07) is 3.45. The Hall–Kier alpha value is -2.48. The van der Waals surface area contributed by atoms with Crippen molar-refractivity contribution >= 4 is 5.91 Å². The second-order valence-electron chi connectivity index (χ2n) is 6.03. The minimum atomic E-state index is -0.161. The van der Waals surface area contributed by atoms with E-state index in [4.69, 9.17) is 9.47 Å². The summed E-state index contributed by atoms with van der Waals surface area (Å²) in [7, 11) is 0. The van der Waals surface area contributed by atoms with Crippen LogP contribution >= 0.6 is 0 Å². The van der Waals surface area contributed by atoms with Gasteiger partial charge in [-0.15, -0.1) is 10.2 Å². The third-order valence-electron chi connectivity index (χ3n) is 4.27. The number of amides is 1. The van der Waals surface area contributed by atoms with Gasteiger partial charge in [0.15, 0.2) is 5.82 Å². The standard InChI is InChI=1S/C17H23N5O3/c1-4-24-16-8-7-15(20-21-16)22-12(3)13(10-18-22)17(23)19-11(2)14-6-5-9-25-14/h7-8,10-11,14H,4-6,9H2,1-3H3,(H,19,23)/t11-,14-/m1/s1. The van der Waals surface area contributed by atoms with Crippen LogP contribution in [0.4, 0.5) is 0 Å². The molecule has 1 fully saturated rings. The fraction of sp³-hybridized carbons (Fsp3) is 0.529. The maximum atomic E-state index is 12.5. The van der Waals surface area contributed by atoms with Gasteiger partial charge in [0.2, 0.25) is 5.88 Å². The average molecular weight is 345 g/mol. The highest BCUT2D eigenvalue weighted by Gasteiger charge is 2.25. The van der Waals surface area contributed by atoms with Crippen molar-refractivity contribution in [3.05, 3.63) is 29.6 Å². The number of carbonyl (C=O) groups is 1. The fourth-order valence-corrected chi connectivity index (χ4v) is 2.89. The van der Waals surface area contributed by atoms with Gasteiger partial charge in [-0.05, 0) is 39.7 Å². The van der Waals surface area contributed by atoms with Crippen LogP contribution in [-0.4, -0.2) is 51.2 Å². The second kappa shape index (κ2) is 7.60. The Labute approximate surface area is 146 Å². The van der Waals surface area contributed by atoms with Crippen molar-refractivity contribution in [3.8, 4) is 11.7 Å². The van der Waals surface area contributed by atoms with Crippen LogP contribution in [0.3, 0.4) is 0 Å². The van der Waals surface area contributed by atoms with Crippen molar-refractivity contribution in [1.82, 2.24) is 25.3 Å². The number of hydrogen-bond acceptors (Lipinski definition) is 6. The van der Waals surface area contributed by atoms with E-state index in [1.165, 1.54) is 0 Å². The Morgan fingerprint density at radius 1 is 1.48 bits per heavy atom. The van der Waals surface area contributed by atoms with E-state index < -0.39 is 0 Å². The van der Waals surface area contributed by atoms with E-state index in [1.54, 1.807) is 23.0 Å². The molecule has 1 amide bonds. The first kappa shape index (κ1) is 17.3. The van der Waals surface area contributed by atoms with Gasteiger partial charge in [0.05, 0.1) is 36.2 Å². The molecular formula is C17H23N5O3. The van der Waals surface area contributed by atoms with Crippen molar-refractivity contribution in [2.45, 2.75) is 45.8 Å². The second-order valence-corrected chi connectivity index (χ2v) is 6.03. The van der Waals surface area contributed by atoms with Crippen LogP contribution in [0.2, 0.25) is 0 Å². The molecule has 8 nitrogen and oxygen atoms in total. The van der Waals surface area contributed by atoms with Gasteiger partial charge < -0.3 is 14.8 Å². The van der Waals surface area contributed by atoms with Gasteiger partial charge in [-0.1, -0.05) is 0 Å². The third kappa shape index (κ3) is 3.79. The number of nitrogens with zero attached hydrogens (tertiary/aromatic N) is 4. The summed E-state index contributed by atoms with van der Waals surface area (Å²) in [5.74, 6) is 0.831. The summed E-state index contributed by atoms with van der Waals surface area (Å²) >= 11 is 0. The minimum absolute atomic E-state index is 0.0389. The number of ether oxygens (including phenoxy) is 2. The number of hydrogen-bond donors (Lipinski definition) is 1. The van der Waals surface area contributed by atoms with E-state index in [0.717, 1.165) is 19.4 Å². The molecule has 1 aliphatic rings. The first-order valence-electron chi connectivity index (χ1n) is 8.54. The Kier molecular flexibility index (Phi) is 5.28. The zero-order valence-corrected chi connectivity index (χ0v) is 14.7. The van der Waals surface area contributed by atoms with Crippen LogP contribution in [0.25, 0.3) is 5.82 Å². The van der Waals surface area contributed by atoms with Crippen molar-refractivity contribution in [2.24, 2.45) is 0 Å². The molecule has 2 aromatic heterocycles. The Balaban J connectivity index is 1.72. The molecule has 25 heavy (non-hydrogen) atoms. The molecule has 2 aromatic rings. The van der Waals surface area contributed by atoms with Crippen LogP contribution in [-0.2, 0) is 4.74 Å². The van der Waals surface area contributed by atoms with Crippen LogP contribution in [0.15, 0.2) is 18.3 Å². The minimum Gasteiger partial charge on any atom is -0.477 e. The summed E-state index contributed by atoms with van der Waals surface area (Å²) in [5, 5.41) is 15.4. The molecule has 0 saturated carbocycles. The molecule has 0 spiro atoms. The van der Waals surface area contributed by atoms with Crippen LogP contribution in [0, 0.1) is 6.92 Å². The molecule has 2 atom stereocenters. The van der Waals surface area contributed by atoms with Crippen LogP contribution in [0.5, 0.6) is 5.88 Å². The molecule has 0 aliphatic carbocycles. The van der Waals surface area contributed by atoms with Gasteiger partial charge in [0, 0.05) is 12.7 Å². The summed E-state index contributed by atoms with van der Waals surface area (Å²) in [5.41, 5.74) is 1.22. The molecule has 0 unspecified atom stereocenters. The van der Waals surface area contributed by atoms with Gasteiger partial charge in [-0.25, -0.2) is 4.68 Å². The molecule has 3 heterocycles.